The lowest BCUT2D eigenvalue weighted by Crippen LogP contribution is -2.39. The van der Waals surface area contributed by atoms with Crippen LogP contribution < -0.4 is 4.74 Å². The molecule has 1 saturated heterocycles. The monoisotopic (exact) mass is 297 g/mol. The van der Waals surface area contributed by atoms with Crippen LogP contribution in [-0.4, -0.2) is 43.3 Å². The third-order valence-electron chi connectivity index (χ3n) is 4.09. The molecule has 1 aromatic heterocycles. The molecule has 2 aromatic rings. The lowest BCUT2D eigenvalue weighted by Gasteiger charge is -2.34. The summed E-state index contributed by atoms with van der Waals surface area (Å²) in [5.41, 5.74) is 3.42. The van der Waals surface area contributed by atoms with Gasteiger partial charge in [0.15, 0.2) is 0 Å². The Labute approximate surface area is 131 Å². The van der Waals surface area contributed by atoms with Crippen LogP contribution in [0.15, 0.2) is 42.7 Å². The zero-order valence-corrected chi connectivity index (χ0v) is 12.9. The zero-order chi connectivity index (χ0) is 15.4. The number of rotatable bonds is 4. The first kappa shape index (κ1) is 15.0. The zero-order valence-electron chi connectivity index (χ0n) is 12.9. The van der Waals surface area contributed by atoms with Crippen molar-refractivity contribution in [3.05, 3.63) is 55.2 Å². The topological polar surface area (TPSA) is 34.6 Å². The van der Waals surface area contributed by atoms with E-state index < -0.39 is 0 Å². The van der Waals surface area contributed by atoms with Crippen molar-refractivity contribution in [3.8, 4) is 16.9 Å². The SMILES string of the molecule is [CH2]CN1CCOCC1c1cncc(-c2ccc(OC)cc2)c1. The summed E-state index contributed by atoms with van der Waals surface area (Å²) in [5, 5.41) is 0. The summed E-state index contributed by atoms with van der Waals surface area (Å²) < 4.78 is 10.8. The molecule has 2 heterocycles. The third kappa shape index (κ3) is 3.13. The number of pyridine rings is 1. The van der Waals surface area contributed by atoms with Crippen LogP contribution in [0.25, 0.3) is 11.1 Å². The molecule has 4 nitrogen and oxygen atoms in total. The molecule has 0 amide bonds. The molecule has 0 saturated carbocycles. The molecule has 22 heavy (non-hydrogen) atoms. The minimum atomic E-state index is 0.233. The number of benzene rings is 1. The van der Waals surface area contributed by atoms with E-state index in [2.05, 4.69) is 35.0 Å². The second-order valence-electron chi connectivity index (χ2n) is 5.36. The summed E-state index contributed by atoms with van der Waals surface area (Å²) in [4.78, 5) is 6.75. The second kappa shape index (κ2) is 6.90. The van der Waals surface area contributed by atoms with E-state index in [1.54, 1.807) is 7.11 Å². The van der Waals surface area contributed by atoms with Crippen LogP contribution in [0.5, 0.6) is 5.75 Å². The minimum absolute atomic E-state index is 0.233. The van der Waals surface area contributed by atoms with Gasteiger partial charge >= 0.3 is 0 Å². The molecule has 0 aliphatic carbocycles. The number of hydrogen-bond donors (Lipinski definition) is 0. The number of methoxy groups -OCH3 is 1. The lowest BCUT2D eigenvalue weighted by molar-refractivity contribution is -0.00300. The average Bonchev–Trinajstić information content (AvgIpc) is 2.62. The third-order valence-corrected chi connectivity index (χ3v) is 4.09. The molecule has 1 fully saturated rings. The maximum Gasteiger partial charge on any atom is 0.118 e. The van der Waals surface area contributed by atoms with Crippen LogP contribution in [0, 0.1) is 6.92 Å². The van der Waals surface area contributed by atoms with Gasteiger partial charge in [0.25, 0.3) is 0 Å². The Morgan fingerprint density at radius 1 is 1.27 bits per heavy atom. The van der Waals surface area contributed by atoms with E-state index in [1.165, 1.54) is 5.56 Å². The van der Waals surface area contributed by atoms with Crippen LogP contribution in [0.2, 0.25) is 0 Å². The molecule has 1 aliphatic rings. The van der Waals surface area contributed by atoms with Gasteiger partial charge in [0, 0.05) is 24.5 Å². The van der Waals surface area contributed by atoms with Crippen molar-refractivity contribution in [2.24, 2.45) is 0 Å². The number of ether oxygens (including phenoxy) is 2. The van der Waals surface area contributed by atoms with Crippen molar-refractivity contribution in [2.45, 2.75) is 6.04 Å². The van der Waals surface area contributed by atoms with Crippen LogP contribution in [0.3, 0.4) is 0 Å². The second-order valence-corrected chi connectivity index (χ2v) is 5.36. The van der Waals surface area contributed by atoms with Crippen molar-refractivity contribution in [2.75, 3.05) is 33.4 Å². The molecular formula is C18H21N2O2. The van der Waals surface area contributed by atoms with Crippen molar-refractivity contribution < 1.29 is 9.47 Å². The fraction of sp³-hybridized carbons (Fsp3) is 0.333. The smallest absolute Gasteiger partial charge is 0.118 e. The first-order valence-electron chi connectivity index (χ1n) is 7.52. The predicted molar refractivity (Wildman–Crippen MR) is 86.7 cm³/mol. The summed E-state index contributed by atoms with van der Waals surface area (Å²) in [5.74, 6) is 0.858. The highest BCUT2D eigenvalue weighted by Gasteiger charge is 2.23. The van der Waals surface area contributed by atoms with Crippen LogP contribution >= 0.6 is 0 Å². The van der Waals surface area contributed by atoms with E-state index in [0.29, 0.717) is 6.61 Å². The summed E-state index contributed by atoms with van der Waals surface area (Å²) >= 11 is 0. The molecule has 1 radical (unpaired) electrons. The molecule has 4 heteroatoms. The number of aromatic nitrogens is 1. The van der Waals surface area contributed by atoms with Gasteiger partial charge in [-0.1, -0.05) is 12.1 Å². The van der Waals surface area contributed by atoms with Gasteiger partial charge in [-0.3, -0.25) is 9.88 Å². The fourth-order valence-electron chi connectivity index (χ4n) is 2.79. The molecule has 0 bridgehead atoms. The summed E-state index contributed by atoms with van der Waals surface area (Å²) in [6.45, 7) is 7.19. The van der Waals surface area contributed by atoms with Crippen molar-refractivity contribution >= 4 is 0 Å². The first-order chi connectivity index (χ1) is 10.8. The Bertz CT molecular complexity index is 613. The van der Waals surface area contributed by atoms with Gasteiger partial charge in [0.2, 0.25) is 0 Å². The largest absolute Gasteiger partial charge is 0.497 e. The molecule has 0 spiro atoms. The van der Waals surface area contributed by atoms with E-state index >= 15 is 0 Å². The maximum absolute atomic E-state index is 5.63. The Balaban J connectivity index is 1.88. The van der Waals surface area contributed by atoms with Gasteiger partial charge in [-0.15, -0.1) is 0 Å². The lowest BCUT2D eigenvalue weighted by atomic mass is 10.0. The molecule has 1 aliphatic heterocycles. The van der Waals surface area contributed by atoms with Gasteiger partial charge in [-0.2, -0.15) is 0 Å². The Hall–Kier alpha value is -1.91. The molecular weight excluding hydrogens is 276 g/mol. The molecule has 3 rings (SSSR count). The van der Waals surface area contributed by atoms with Gasteiger partial charge in [0.05, 0.1) is 26.4 Å². The maximum atomic E-state index is 5.63. The Morgan fingerprint density at radius 3 is 2.82 bits per heavy atom. The van der Waals surface area contributed by atoms with E-state index in [1.807, 2.05) is 24.5 Å². The quantitative estimate of drug-likeness (QED) is 0.869. The average molecular weight is 297 g/mol. The molecule has 1 aromatic carbocycles. The van der Waals surface area contributed by atoms with Gasteiger partial charge in [-0.05, 0) is 42.8 Å². The number of hydrogen-bond acceptors (Lipinski definition) is 4. The Morgan fingerprint density at radius 2 is 2.09 bits per heavy atom. The first-order valence-corrected chi connectivity index (χ1v) is 7.52. The van der Waals surface area contributed by atoms with Crippen LogP contribution in [0.1, 0.15) is 11.6 Å². The van der Waals surface area contributed by atoms with E-state index in [0.717, 1.165) is 36.6 Å². The number of nitrogens with zero attached hydrogens (tertiary/aromatic N) is 2. The van der Waals surface area contributed by atoms with E-state index in [9.17, 15) is 0 Å². The fourth-order valence-corrected chi connectivity index (χ4v) is 2.79. The highest BCUT2D eigenvalue weighted by molar-refractivity contribution is 5.64. The molecule has 1 atom stereocenters. The van der Waals surface area contributed by atoms with Gasteiger partial charge in [-0.25, -0.2) is 0 Å². The van der Waals surface area contributed by atoms with E-state index in [4.69, 9.17) is 9.47 Å². The summed E-state index contributed by atoms with van der Waals surface area (Å²) in [7, 11) is 1.67. The molecule has 115 valence electrons. The van der Waals surface area contributed by atoms with Crippen LogP contribution in [-0.2, 0) is 4.74 Å². The normalized spacial score (nSPS) is 19.1. The Kier molecular flexibility index (Phi) is 4.71. The van der Waals surface area contributed by atoms with Gasteiger partial charge in [0.1, 0.15) is 5.75 Å². The van der Waals surface area contributed by atoms with Gasteiger partial charge < -0.3 is 9.47 Å². The summed E-state index contributed by atoms with van der Waals surface area (Å²) in [6, 6.07) is 10.5. The molecule has 1 unspecified atom stereocenters. The van der Waals surface area contributed by atoms with Crippen molar-refractivity contribution in [1.29, 1.82) is 0 Å². The highest BCUT2D eigenvalue weighted by atomic mass is 16.5. The molecule has 0 N–H and O–H groups in total. The van der Waals surface area contributed by atoms with Crippen LogP contribution in [0.4, 0.5) is 0 Å². The van der Waals surface area contributed by atoms with E-state index in [-0.39, 0.29) is 6.04 Å². The summed E-state index contributed by atoms with van der Waals surface area (Å²) in [6.07, 6.45) is 3.82. The standard InChI is InChI=1S/C18H21N2O2/c1-3-20-8-9-22-13-18(20)16-10-15(11-19-12-16)14-4-6-17(21-2)7-5-14/h4-7,10-12,18H,1,3,8-9,13H2,2H3. The minimum Gasteiger partial charge on any atom is -0.497 e. The predicted octanol–water partition coefficient (Wildman–Crippen LogP) is 2.96. The highest BCUT2D eigenvalue weighted by Crippen LogP contribution is 2.28. The van der Waals surface area contributed by atoms with Crippen molar-refractivity contribution in [1.82, 2.24) is 9.88 Å². The number of morpholine rings is 1. The van der Waals surface area contributed by atoms with Crippen molar-refractivity contribution in [3.63, 3.8) is 0 Å².